The molecule has 1 fully saturated rings. The molecule has 1 aliphatic rings. The largest absolute Gasteiger partial charge is 0.481 e. The molecule has 0 bridgehead atoms. The number of aliphatic carboxylic acids is 1. The molecule has 0 radical (unpaired) electrons. The van der Waals surface area contributed by atoms with Crippen LogP contribution in [0.25, 0.3) is 0 Å². The van der Waals surface area contributed by atoms with Gasteiger partial charge in [0.2, 0.25) is 0 Å². The fraction of sp³-hybridized carbons (Fsp3) is 0.917. The van der Waals surface area contributed by atoms with Crippen molar-refractivity contribution in [2.45, 2.75) is 44.6 Å². The molecule has 4 heteroatoms. The summed E-state index contributed by atoms with van der Waals surface area (Å²) in [5, 5.41) is 8.71. The smallest absolute Gasteiger partial charge is 0.303 e. The van der Waals surface area contributed by atoms with Gasteiger partial charge < -0.3 is 14.7 Å². The zero-order valence-corrected chi connectivity index (χ0v) is 10.2. The molecule has 1 heterocycles. The predicted molar refractivity (Wildman–Crippen MR) is 62.6 cm³/mol. The van der Waals surface area contributed by atoms with Gasteiger partial charge in [-0.3, -0.25) is 4.79 Å². The number of carbonyl (C=O) groups is 1. The van der Waals surface area contributed by atoms with E-state index in [1.165, 1.54) is 12.8 Å². The van der Waals surface area contributed by atoms with Crippen LogP contribution in [0.3, 0.4) is 0 Å². The third kappa shape index (κ3) is 4.94. The van der Waals surface area contributed by atoms with Crippen LogP contribution in [-0.2, 0) is 9.53 Å². The van der Waals surface area contributed by atoms with Crippen molar-refractivity contribution in [2.75, 3.05) is 26.8 Å². The molecule has 1 saturated heterocycles. The van der Waals surface area contributed by atoms with Gasteiger partial charge in [0.15, 0.2) is 0 Å². The average molecular weight is 229 g/mol. The maximum absolute atomic E-state index is 10.6. The molecule has 1 aliphatic heterocycles. The summed E-state index contributed by atoms with van der Waals surface area (Å²) in [6, 6.07) is 0.474. The van der Waals surface area contributed by atoms with Crippen LogP contribution in [0.15, 0.2) is 0 Å². The van der Waals surface area contributed by atoms with Crippen molar-refractivity contribution >= 4 is 5.97 Å². The quantitative estimate of drug-likeness (QED) is 0.676. The van der Waals surface area contributed by atoms with Gasteiger partial charge in [-0.25, -0.2) is 0 Å². The maximum Gasteiger partial charge on any atom is 0.303 e. The first-order valence-electron chi connectivity index (χ1n) is 6.19. The van der Waals surface area contributed by atoms with E-state index in [1.54, 1.807) is 7.11 Å². The lowest BCUT2D eigenvalue weighted by molar-refractivity contribution is -0.137. The Morgan fingerprint density at radius 1 is 1.50 bits per heavy atom. The second-order valence-corrected chi connectivity index (χ2v) is 4.46. The van der Waals surface area contributed by atoms with E-state index >= 15 is 0 Å². The van der Waals surface area contributed by atoms with E-state index in [9.17, 15) is 4.79 Å². The number of nitrogens with zero attached hydrogens (tertiary/aromatic N) is 1. The zero-order valence-electron chi connectivity index (χ0n) is 10.2. The molecule has 0 aromatic heterocycles. The minimum atomic E-state index is -0.678. The van der Waals surface area contributed by atoms with Gasteiger partial charge in [-0.05, 0) is 32.2 Å². The number of hydrogen-bond acceptors (Lipinski definition) is 3. The Kier molecular flexibility index (Phi) is 6.42. The predicted octanol–water partition coefficient (Wildman–Crippen LogP) is 1.74. The lowest BCUT2D eigenvalue weighted by atomic mass is 9.98. The number of carboxylic acids is 1. The van der Waals surface area contributed by atoms with Crippen molar-refractivity contribution in [2.24, 2.45) is 0 Å². The summed E-state index contributed by atoms with van der Waals surface area (Å²) in [6.07, 6.45) is 5.77. The van der Waals surface area contributed by atoms with Crippen molar-refractivity contribution in [1.29, 1.82) is 0 Å². The topological polar surface area (TPSA) is 49.8 Å². The second kappa shape index (κ2) is 7.63. The Hall–Kier alpha value is -0.610. The number of methoxy groups -OCH3 is 1. The van der Waals surface area contributed by atoms with Crippen LogP contribution in [0.2, 0.25) is 0 Å². The highest BCUT2D eigenvalue weighted by Gasteiger charge is 2.22. The Balaban J connectivity index is 2.28. The van der Waals surface area contributed by atoms with Crippen LogP contribution in [0, 0.1) is 0 Å². The van der Waals surface area contributed by atoms with Crippen molar-refractivity contribution in [1.82, 2.24) is 4.90 Å². The molecule has 0 aromatic rings. The Bertz CT molecular complexity index is 208. The molecule has 1 N–H and O–H groups in total. The van der Waals surface area contributed by atoms with Crippen LogP contribution in [0.4, 0.5) is 0 Å². The van der Waals surface area contributed by atoms with Crippen LogP contribution >= 0.6 is 0 Å². The summed E-state index contributed by atoms with van der Waals surface area (Å²) in [5.41, 5.74) is 0. The highest BCUT2D eigenvalue weighted by atomic mass is 16.5. The van der Waals surface area contributed by atoms with Gasteiger partial charge in [-0.15, -0.1) is 0 Å². The summed E-state index contributed by atoms with van der Waals surface area (Å²) in [5.74, 6) is -0.678. The van der Waals surface area contributed by atoms with E-state index < -0.39 is 5.97 Å². The lowest BCUT2D eigenvalue weighted by Crippen LogP contribution is -2.40. The van der Waals surface area contributed by atoms with E-state index in [0.29, 0.717) is 12.5 Å². The first-order valence-corrected chi connectivity index (χ1v) is 6.19. The summed E-state index contributed by atoms with van der Waals surface area (Å²) in [4.78, 5) is 13.0. The minimum absolute atomic E-state index is 0.297. The molecule has 94 valence electrons. The van der Waals surface area contributed by atoms with Crippen molar-refractivity contribution in [3.8, 4) is 0 Å². The van der Waals surface area contributed by atoms with Gasteiger partial charge in [0, 0.05) is 32.7 Å². The summed E-state index contributed by atoms with van der Waals surface area (Å²) in [6.45, 7) is 2.95. The number of rotatable bonds is 7. The normalized spacial score (nSPS) is 22.2. The third-order valence-corrected chi connectivity index (χ3v) is 3.23. The van der Waals surface area contributed by atoms with Gasteiger partial charge in [0.05, 0.1) is 0 Å². The van der Waals surface area contributed by atoms with Gasteiger partial charge in [0.1, 0.15) is 0 Å². The Morgan fingerprint density at radius 3 is 3.00 bits per heavy atom. The Labute approximate surface area is 97.6 Å². The standard InChI is InChI=1S/C12H23NO3/c1-16-10-4-9-13-8-3-2-5-11(13)6-7-12(14)15/h11H,2-10H2,1H3,(H,14,15). The fourth-order valence-corrected chi connectivity index (χ4v) is 2.38. The number of hydrogen-bond donors (Lipinski definition) is 1. The van der Waals surface area contributed by atoms with E-state index in [0.717, 1.165) is 39.0 Å². The molecule has 0 saturated carbocycles. The molecule has 16 heavy (non-hydrogen) atoms. The molecule has 0 spiro atoms. The molecule has 1 rings (SSSR count). The summed E-state index contributed by atoms with van der Waals surface area (Å²) >= 11 is 0. The van der Waals surface area contributed by atoms with Crippen molar-refractivity contribution in [3.63, 3.8) is 0 Å². The third-order valence-electron chi connectivity index (χ3n) is 3.23. The Morgan fingerprint density at radius 2 is 2.31 bits per heavy atom. The molecular formula is C12H23NO3. The number of piperidine rings is 1. The molecule has 0 aromatic carbocycles. The number of likely N-dealkylation sites (tertiary alicyclic amines) is 1. The highest BCUT2D eigenvalue weighted by Crippen LogP contribution is 2.20. The average Bonchev–Trinajstić information content (AvgIpc) is 2.28. The molecule has 4 nitrogen and oxygen atoms in total. The van der Waals surface area contributed by atoms with Crippen LogP contribution < -0.4 is 0 Å². The first-order chi connectivity index (χ1) is 7.74. The molecule has 1 unspecified atom stereocenters. The number of carboxylic acid groups (broad SMARTS) is 1. The monoisotopic (exact) mass is 229 g/mol. The van der Waals surface area contributed by atoms with Crippen molar-refractivity contribution in [3.05, 3.63) is 0 Å². The van der Waals surface area contributed by atoms with Gasteiger partial charge >= 0.3 is 5.97 Å². The van der Waals surface area contributed by atoms with Crippen LogP contribution in [0.1, 0.15) is 38.5 Å². The van der Waals surface area contributed by atoms with E-state index in [-0.39, 0.29) is 0 Å². The summed E-state index contributed by atoms with van der Waals surface area (Å²) < 4.78 is 5.05. The first kappa shape index (κ1) is 13.5. The summed E-state index contributed by atoms with van der Waals surface area (Å²) in [7, 11) is 1.72. The van der Waals surface area contributed by atoms with Gasteiger partial charge in [-0.1, -0.05) is 6.42 Å². The van der Waals surface area contributed by atoms with E-state index in [1.807, 2.05) is 0 Å². The van der Waals surface area contributed by atoms with Gasteiger partial charge in [0.25, 0.3) is 0 Å². The van der Waals surface area contributed by atoms with E-state index in [2.05, 4.69) is 4.90 Å². The molecular weight excluding hydrogens is 206 g/mol. The zero-order chi connectivity index (χ0) is 11.8. The van der Waals surface area contributed by atoms with Crippen LogP contribution in [-0.4, -0.2) is 48.8 Å². The second-order valence-electron chi connectivity index (χ2n) is 4.46. The maximum atomic E-state index is 10.6. The fourth-order valence-electron chi connectivity index (χ4n) is 2.38. The van der Waals surface area contributed by atoms with Crippen LogP contribution in [0.5, 0.6) is 0 Å². The number of ether oxygens (including phenoxy) is 1. The minimum Gasteiger partial charge on any atom is -0.481 e. The molecule has 1 atom stereocenters. The van der Waals surface area contributed by atoms with Crippen molar-refractivity contribution < 1.29 is 14.6 Å². The van der Waals surface area contributed by atoms with Gasteiger partial charge in [-0.2, -0.15) is 0 Å². The molecule has 0 aliphatic carbocycles. The van der Waals surface area contributed by atoms with E-state index in [4.69, 9.17) is 9.84 Å². The highest BCUT2D eigenvalue weighted by molar-refractivity contribution is 5.66. The lowest BCUT2D eigenvalue weighted by Gasteiger charge is -2.35. The SMILES string of the molecule is COCCCN1CCCCC1CCC(=O)O. The molecule has 0 amide bonds.